The minimum atomic E-state index is -0.230. The molecule has 0 bridgehead atoms. The molecule has 1 amide bonds. The van der Waals surface area contributed by atoms with Crippen LogP contribution in [0.4, 0.5) is 5.69 Å². The number of carbonyl (C=O) groups excluding carboxylic acids is 1. The lowest BCUT2D eigenvalue weighted by atomic mass is 10.2. The number of nitrogens with zero attached hydrogens (tertiary/aromatic N) is 2. The standard InChI is InChI=1S/C15H16N4O2/c1-10-17-6-11(7-18-10)15(20)19-12-2-4-13(5-3-12)21-14-8-16-9-14/h2-7,14,16H,8-9H2,1H3,(H,19,20). The molecule has 108 valence electrons. The van der Waals surface area contributed by atoms with Gasteiger partial charge in [-0.2, -0.15) is 0 Å². The number of hydrogen-bond donors (Lipinski definition) is 2. The Morgan fingerprint density at radius 3 is 2.48 bits per heavy atom. The number of anilines is 1. The van der Waals surface area contributed by atoms with Crippen LogP contribution in [-0.2, 0) is 0 Å². The van der Waals surface area contributed by atoms with Crippen LogP contribution in [0.1, 0.15) is 16.2 Å². The first kappa shape index (κ1) is 13.5. The fourth-order valence-corrected chi connectivity index (χ4v) is 1.87. The van der Waals surface area contributed by atoms with Gasteiger partial charge in [0.25, 0.3) is 5.91 Å². The average Bonchev–Trinajstić information content (AvgIpc) is 2.45. The molecule has 3 rings (SSSR count). The van der Waals surface area contributed by atoms with Crippen LogP contribution in [0.5, 0.6) is 5.75 Å². The molecular formula is C15H16N4O2. The van der Waals surface area contributed by atoms with E-state index in [1.54, 1.807) is 6.92 Å². The van der Waals surface area contributed by atoms with Crippen molar-refractivity contribution < 1.29 is 9.53 Å². The third-order valence-corrected chi connectivity index (χ3v) is 3.20. The van der Waals surface area contributed by atoms with Gasteiger partial charge in [0.1, 0.15) is 17.7 Å². The average molecular weight is 284 g/mol. The van der Waals surface area contributed by atoms with E-state index in [-0.39, 0.29) is 12.0 Å². The van der Waals surface area contributed by atoms with E-state index in [1.165, 1.54) is 12.4 Å². The van der Waals surface area contributed by atoms with Crippen molar-refractivity contribution in [2.24, 2.45) is 0 Å². The summed E-state index contributed by atoms with van der Waals surface area (Å²) >= 11 is 0. The number of amides is 1. The lowest BCUT2D eigenvalue weighted by Crippen LogP contribution is -2.50. The lowest BCUT2D eigenvalue weighted by molar-refractivity contribution is 0.102. The van der Waals surface area contributed by atoms with E-state index in [0.29, 0.717) is 17.1 Å². The molecule has 1 aromatic carbocycles. The number of carbonyl (C=O) groups is 1. The van der Waals surface area contributed by atoms with E-state index < -0.39 is 0 Å². The van der Waals surface area contributed by atoms with Crippen LogP contribution >= 0.6 is 0 Å². The van der Waals surface area contributed by atoms with Gasteiger partial charge in [-0.3, -0.25) is 4.79 Å². The normalized spacial score (nSPS) is 14.3. The molecule has 6 nitrogen and oxygen atoms in total. The molecule has 0 atom stereocenters. The van der Waals surface area contributed by atoms with Gasteiger partial charge < -0.3 is 15.4 Å². The Labute approximate surface area is 122 Å². The van der Waals surface area contributed by atoms with Crippen molar-refractivity contribution in [3.05, 3.63) is 48.0 Å². The van der Waals surface area contributed by atoms with E-state index in [9.17, 15) is 4.79 Å². The van der Waals surface area contributed by atoms with E-state index in [2.05, 4.69) is 20.6 Å². The number of ether oxygens (including phenoxy) is 1. The summed E-state index contributed by atoms with van der Waals surface area (Å²) in [6, 6.07) is 7.32. The molecule has 0 unspecified atom stereocenters. The van der Waals surface area contributed by atoms with Crippen LogP contribution in [0.3, 0.4) is 0 Å². The quantitative estimate of drug-likeness (QED) is 0.887. The molecule has 2 heterocycles. The summed E-state index contributed by atoms with van der Waals surface area (Å²) in [6.07, 6.45) is 3.27. The second kappa shape index (κ2) is 5.88. The van der Waals surface area contributed by atoms with Gasteiger partial charge in [-0.15, -0.1) is 0 Å². The van der Waals surface area contributed by atoms with E-state index in [0.717, 1.165) is 18.8 Å². The van der Waals surface area contributed by atoms with Crippen molar-refractivity contribution in [3.8, 4) is 5.75 Å². The zero-order chi connectivity index (χ0) is 14.7. The molecule has 0 spiro atoms. The highest BCUT2D eigenvalue weighted by molar-refractivity contribution is 6.03. The smallest absolute Gasteiger partial charge is 0.258 e. The summed E-state index contributed by atoms with van der Waals surface area (Å²) < 4.78 is 5.71. The van der Waals surface area contributed by atoms with Crippen LogP contribution < -0.4 is 15.4 Å². The first-order valence-corrected chi connectivity index (χ1v) is 6.78. The van der Waals surface area contributed by atoms with Crippen LogP contribution in [0.25, 0.3) is 0 Å². The zero-order valence-corrected chi connectivity index (χ0v) is 11.7. The van der Waals surface area contributed by atoms with Gasteiger partial charge in [0.15, 0.2) is 0 Å². The third-order valence-electron chi connectivity index (χ3n) is 3.20. The molecule has 0 radical (unpaired) electrons. The zero-order valence-electron chi connectivity index (χ0n) is 11.7. The Balaban J connectivity index is 1.61. The summed E-state index contributed by atoms with van der Waals surface area (Å²) in [5, 5.41) is 5.95. The highest BCUT2D eigenvalue weighted by Gasteiger charge is 2.18. The molecule has 2 aromatic rings. The van der Waals surface area contributed by atoms with E-state index >= 15 is 0 Å². The van der Waals surface area contributed by atoms with Crippen molar-refractivity contribution in [1.82, 2.24) is 15.3 Å². The van der Waals surface area contributed by atoms with Gasteiger partial charge in [-0.25, -0.2) is 9.97 Å². The van der Waals surface area contributed by atoms with Crippen molar-refractivity contribution in [1.29, 1.82) is 0 Å². The molecular weight excluding hydrogens is 268 g/mol. The van der Waals surface area contributed by atoms with Crippen LogP contribution in [0.2, 0.25) is 0 Å². The molecule has 2 N–H and O–H groups in total. The lowest BCUT2D eigenvalue weighted by Gasteiger charge is -2.27. The Kier molecular flexibility index (Phi) is 3.79. The van der Waals surface area contributed by atoms with Gasteiger partial charge in [-0.1, -0.05) is 0 Å². The minimum absolute atomic E-state index is 0.230. The van der Waals surface area contributed by atoms with Crippen molar-refractivity contribution in [3.63, 3.8) is 0 Å². The van der Waals surface area contributed by atoms with Crippen LogP contribution in [0, 0.1) is 6.92 Å². The molecule has 6 heteroatoms. The summed E-state index contributed by atoms with van der Waals surface area (Å²) in [5.41, 5.74) is 1.14. The highest BCUT2D eigenvalue weighted by Crippen LogP contribution is 2.18. The van der Waals surface area contributed by atoms with Gasteiger partial charge in [0.2, 0.25) is 0 Å². The molecule has 1 fully saturated rings. The molecule has 1 aliphatic rings. The Morgan fingerprint density at radius 2 is 1.90 bits per heavy atom. The maximum atomic E-state index is 12.0. The van der Waals surface area contributed by atoms with Gasteiger partial charge in [-0.05, 0) is 31.2 Å². The first-order valence-electron chi connectivity index (χ1n) is 6.78. The number of benzene rings is 1. The van der Waals surface area contributed by atoms with Crippen molar-refractivity contribution in [2.45, 2.75) is 13.0 Å². The topological polar surface area (TPSA) is 76.1 Å². The van der Waals surface area contributed by atoms with Crippen LogP contribution in [0.15, 0.2) is 36.7 Å². The number of aromatic nitrogens is 2. The van der Waals surface area contributed by atoms with E-state index in [4.69, 9.17) is 4.74 Å². The van der Waals surface area contributed by atoms with E-state index in [1.807, 2.05) is 24.3 Å². The Morgan fingerprint density at radius 1 is 1.24 bits per heavy atom. The maximum absolute atomic E-state index is 12.0. The number of nitrogens with one attached hydrogen (secondary N) is 2. The van der Waals surface area contributed by atoms with Crippen molar-refractivity contribution >= 4 is 11.6 Å². The predicted octanol–water partition coefficient (Wildman–Crippen LogP) is 1.39. The molecule has 1 aliphatic heterocycles. The molecule has 21 heavy (non-hydrogen) atoms. The predicted molar refractivity (Wildman–Crippen MR) is 78.4 cm³/mol. The molecule has 0 saturated carbocycles. The Hall–Kier alpha value is -2.47. The first-order chi connectivity index (χ1) is 10.2. The molecule has 0 aliphatic carbocycles. The number of hydrogen-bond acceptors (Lipinski definition) is 5. The molecule has 1 aromatic heterocycles. The van der Waals surface area contributed by atoms with Gasteiger partial charge in [0.05, 0.1) is 5.56 Å². The second-order valence-electron chi connectivity index (χ2n) is 4.90. The number of rotatable bonds is 4. The Bertz CT molecular complexity index is 621. The monoisotopic (exact) mass is 284 g/mol. The summed E-state index contributed by atoms with van der Waals surface area (Å²) in [6.45, 7) is 3.54. The van der Waals surface area contributed by atoms with Crippen LogP contribution in [-0.4, -0.2) is 35.1 Å². The highest BCUT2D eigenvalue weighted by atomic mass is 16.5. The summed E-state index contributed by atoms with van der Waals surface area (Å²) in [4.78, 5) is 20.0. The minimum Gasteiger partial charge on any atom is -0.488 e. The summed E-state index contributed by atoms with van der Waals surface area (Å²) in [7, 11) is 0. The fourth-order valence-electron chi connectivity index (χ4n) is 1.87. The second-order valence-corrected chi connectivity index (χ2v) is 4.90. The molecule has 1 saturated heterocycles. The van der Waals surface area contributed by atoms with Gasteiger partial charge >= 0.3 is 0 Å². The summed E-state index contributed by atoms with van der Waals surface area (Å²) in [5.74, 6) is 1.21. The number of aryl methyl sites for hydroxylation is 1. The van der Waals surface area contributed by atoms with Crippen molar-refractivity contribution in [2.75, 3.05) is 18.4 Å². The SMILES string of the molecule is Cc1ncc(C(=O)Nc2ccc(OC3CNC3)cc2)cn1. The largest absolute Gasteiger partial charge is 0.488 e. The third kappa shape index (κ3) is 3.35. The maximum Gasteiger partial charge on any atom is 0.258 e. The fraction of sp³-hybridized carbons (Fsp3) is 0.267. The van der Waals surface area contributed by atoms with Gasteiger partial charge in [0, 0.05) is 31.2 Å².